The maximum Gasteiger partial charge on any atom is 0.274 e. The van der Waals surface area contributed by atoms with Crippen LogP contribution in [0.3, 0.4) is 0 Å². The molecule has 3 heterocycles. The van der Waals surface area contributed by atoms with Gasteiger partial charge in [0.15, 0.2) is 17.2 Å². The summed E-state index contributed by atoms with van der Waals surface area (Å²) in [7, 11) is 0. The van der Waals surface area contributed by atoms with Gasteiger partial charge < -0.3 is 19.3 Å². The Hall–Kier alpha value is -3.29. The average molecular weight is 425 g/mol. The summed E-state index contributed by atoms with van der Waals surface area (Å²) in [4.78, 5) is 13.2. The van der Waals surface area contributed by atoms with E-state index >= 15 is 0 Å². The van der Waals surface area contributed by atoms with Crippen molar-refractivity contribution in [2.24, 2.45) is 5.92 Å². The van der Waals surface area contributed by atoms with Crippen molar-refractivity contribution in [3.8, 4) is 11.5 Å². The Balaban J connectivity index is 1.58. The van der Waals surface area contributed by atoms with E-state index in [2.05, 4.69) is 29.4 Å². The molecule has 1 unspecified atom stereocenters. The summed E-state index contributed by atoms with van der Waals surface area (Å²) in [6.07, 6.45) is 0. The summed E-state index contributed by atoms with van der Waals surface area (Å²) in [5.41, 5.74) is 3.91. The zero-order chi connectivity index (χ0) is 22.1. The number of aryl methyl sites for hydroxylation is 3. The first-order chi connectivity index (χ1) is 14.8. The van der Waals surface area contributed by atoms with Crippen LogP contribution >= 0.6 is 0 Å². The summed E-state index contributed by atoms with van der Waals surface area (Å²) in [6.45, 7) is 11.3. The first-order valence-electron chi connectivity index (χ1n) is 10.5. The number of nitrogens with one attached hydrogen (secondary N) is 1. The highest BCUT2D eigenvalue weighted by Crippen LogP contribution is 2.34. The zero-order valence-corrected chi connectivity index (χ0v) is 18.6. The van der Waals surface area contributed by atoms with Crippen LogP contribution in [0.1, 0.15) is 58.7 Å². The van der Waals surface area contributed by atoms with Crippen LogP contribution in [0.15, 0.2) is 28.8 Å². The Morgan fingerprint density at radius 3 is 2.55 bits per heavy atom. The quantitative estimate of drug-likeness (QED) is 0.648. The van der Waals surface area contributed by atoms with Crippen molar-refractivity contribution in [3.05, 3.63) is 58.2 Å². The van der Waals surface area contributed by atoms with Gasteiger partial charge in [-0.15, -0.1) is 0 Å². The van der Waals surface area contributed by atoms with Crippen LogP contribution in [-0.4, -0.2) is 34.1 Å². The molecule has 2 aromatic heterocycles. The van der Waals surface area contributed by atoms with Crippen LogP contribution < -0.4 is 14.8 Å². The lowest BCUT2D eigenvalue weighted by atomic mass is 9.95. The molecule has 1 amide bonds. The Kier molecular flexibility index (Phi) is 5.71. The van der Waals surface area contributed by atoms with Gasteiger partial charge in [0.05, 0.1) is 18.3 Å². The highest BCUT2D eigenvalue weighted by Gasteiger charge is 2.26. The number of hydrogen-bond acceptors (Lipinski definition) is 6. The number of fused-ring (bicyclic) bond motifs is 1. The third-order valence-corrected chi connectivity index (χ3v) is 5.49. The van der Waals surface area contributed by atoms with E-state index in [0.717, 1.165) is 28.3 Å². The minimum atomic E-state index is -0.276. The molecule has 0 fully saturated rings. The van der Waals surface area contributed by atoms with E-state index in [1.54, 1.807) is 0 Å². The number of carbonyl (C=O) groups is 1. The maximum atomic E-state index is 13.2. The molecule has 8 nitrogen and oxygen atoms in total. The Morgan fingerprint density at radius 2 is 1.87 bits per heavy atom. The van der Waals surface area contributed by atoms with Crippen LogP contribution in [0, 0.1) is 26.7 Å². The number of amides is 1. The van der Waals surface area contributed by atoms with Gasteiger partial charge in [-0.3, -0.25) is 9.48 Å². The molecule has 1 aromatic carbocycles. The maximum absolute atomic E-state index is 13.2. The molecule has 0 saturated carbocycles. The van der Waals surface area contributed by atoms with Gasteiger partial charge >= 0.3 is 0 Å². The Bertz CT molecular complexity index is 1100. The van der Waals surface area contributed by atoms with E-state index in [4.69, 9.17) is 14.0 Å². The molecular formula is C23H28N4O4. The lowest BCUT2D eigenvalue weighted by molar-refractivity contribution is 0.0915. The molecule has 1 aliphatic rings. The van der Waals surface area contributed by atoms with Gasteiger partial charge in [0.25, 0.3) is 5.91 Å². The smallest absolute Gasteiger partial charge is 0.274 e. The standard InChI is InChI=1S/C23H28N4O4/c1-13(2)21(17-6-7-19-20(11-17)30-9-8-29-19)24-23(28)22-18(16(5)31-26-22)12-27-15(4)10-14(3)25-27/h6-7,10-11,13,21H,8-9,12H2,1-5H3,(H,24,28). The second-order valence-electron chi connectivity index (χ2n) is 8.25. The summed E-state index contributed by atoms with van der Waals surface area (Å²) < 4.78 is 18.5. The molecule has 1 aliphatic heterocycles. The van der Waals surface area contributed by atoms with E-state index < -0.39 is 0 Å². The fourth-order valence-corrected chi connectivity index (χ4v) is 3.84. The molecule has 31 heavy (non-hydrogen) atoms. The van der Waals surface area contributed by atoms with Gasteiger partial charge in [0, 0.05) is 11.3 Å². The van der Waals surface area contributed by atoms with Crippen LogP contribution in [0.4, 0.5) is 0 Å². The van der Waals surface area contributed by atoms with Gasteiger partial charge in [-0.1, -0.05) is 25.1 Å². The fraction of sp³-hybridized carbons (Fsp3) is 0.435. The first kappa shape index (κ1) is 21.0. The minimum absolute atomic E-state index is 0.152. The largest absolute Gasteiger partial charge is 0.486 e. The monoisotopic (exact) mass is 424 g/mol. The Morgan fingerprint density at radius 1 is 1.13 bits per heavy atom. The van der Waals surface area contributed by atoms with Crippen LogP contribution in [0.25, 0.3) is 0 Å². The molecule has 1 N–H and O–H groups in total. The van der Waals surface area contributed by atoms with Crippen molar-refractivity contribution in [1.29, 1.82) is 0 Å². The minimum Gasteiger partial charge on any atom is -0.486 e. The van der Waals surface area contributed by atoms with Crippen molar-refractivity contribution in [1.82, 2.24) is 20.3 Å². The molecule has 8 heteroatoms. The SMILES string of the molecule is Cc1cc(C)n(Cc2c(C(=O)NC(c3ccc4c(c3)OCCO4)C(C)C)noc2C)n1. The first-order valence-corrected chi connectivity index (χ1v) is 10.5. The number of nitrogens with zero attached hydrogens (tertiary/aromatic N) is 3. The predicted molar refractivity (Wildman–Crippen MR) is 115 cm³/mol. The van der Waals surface area contributed by atoms with Crippen molar-refractivity contribution >= 4 is 5.91 Å². The van der Waals surface area contributed by atoms with E-state index in [0.29, 0.717) is 31.3 Å². The molecule has 1 atom stereocenters. The van der Waals surface area contributed by atoms with Crippen LogP contribution in [-0.2, 0) is 6.54 Å². The third-order valence-electron chi connectivity index (χ3n) is 5.49. The molecule has 0 aliphatic carbocycles. The summed E-state index contributed by atoms with van der Waals surface area (Å²) in [5.74, 6) is 1.91. The number of hydrogen-bond donors (Lipinski definition) is 1. The lowest BCUT2D eigenvalue weighted by Gasteiger charge is -2.25. The number of aromatic nitrogens is 3. The number of benzene rings is 1. The average Bonchev–Trinajstić information content (AvgIpc) is 3.26. The number of rotatable bonds is 6. The third kappa shape index (κ3) is 4.28. The molecule has 0 bridgehead atoms. The van der Waals surface area contributed by atoms with Gasteiger partial charge in [-0.2, -0.15) is 5.10 Å². The van der Waals surface area contributed by atoms with Crippen LogP contribution in [0.5, 0.6) is 11.5 Å². The van der Waals surface area contributed by atoms with Crippen molar-refractivity contribution in [3.63, 3.8) is 0 Å². The molecule has 4 rings (SSSR count). The van der Waals surface area contributed by atoms with Gasteiger partial charge in [-0.05, 0) is 50.5 Å². The Labute approximate surface area is 181 Å². The number of ether oxygens (including phenoxy) is 2. The molecule has 0 spiro atoms. The molecule has 0 radical (unpaired) electrons. The normalized spacial score (nSPS) is 14.0. The van der Waals surface area contributed by atoms with Gasteiger partial charge in [0.1, 0.15) is 19.0 Å². The number of carbonyl (C=O) groups excluding carboxylic acids is 1. The van der Waals surface area contributed by atoms with E-state index in [9.17, 15) is 4.79 Å². The van der Waals surface area contributed by atoms with Crippen molar-refractivity contribution < 1.29 is 18.8 Å². The molecule has 0 saturated heterocycles. The van der Waals surface area contributed by atoms with Crippen molar-refractivity contribution in [2.45, 2.75) is 47.2 Å². The molecular weight excluding hydrogens is 396 g/mol. The highest BCUT2D eigenvalue weighted by molar-refractivity contribution is 5.94. The van der Waals surface area contributed by atoms with Crippen molar-refractivity contribution in [2.75, 3.05) is 13.2 Å². The molecule has 3 aromatic rings. The molecule has 164 valence electrons. The lowest BCUT2D eigenvalue weighted by Crippen LogP contribution is -2.33. The van der Waals surface area contributed by atoms with E-state index in [-0.39, 0.29) is 23.6 Å². The topological polar surface area (TPSA) is 91.4 Å². The van der Waals surface area contributed by atoms with Gasteiger partial charge in [-0.25, -0.2) is 0 Å². The second kappa shape index (κ2) is 8.45. The second-order valence-corrected chi connectivity index (χ2v) is 8.25. The fourth-order valence-electron chi connectivity index (χ4n) is 3.84. The zero-order valence-electron chi connectivity index (χ0n) is 18.6. The highest BCUT2D eigenvalue weighted by atomic mass is 16.6. The predicted octanol–water partition coefficient (Wildman–Crippen LogP) is 3.74. The summed E-state index contributed by atoms with van der Waals surface area (Å²) in [6, 6.07) is 7.56. The van der Waals surface area contributed by atoms with Gasteiger partial charge in [0.2, 0.25) is 0 Å². The van der Waals surface area contributed by atoms with E-state index in [1.807, 2.05) is 49.7 Å². The van der Waals surface area contributed by atoms with Crippen LogP contribution in [0.2, 0.25) is 0 Å². The summed E-state index contributed by atoms with van der Waals surface area (Å²) >= 11 is 0. The summed E-state index contributed by atoms with van der Waals surface area (Å²) in [5, 5.41) is 11.7. The van der Waals surface area contributed by atoms with E-state index in [1.165, 1.54) is 0 Å².